The molecule has 1 heterocycles. The summed E-state index contributed by atoms with van der Waals surface area (Å²) in [5, 5.41) is 1.61. The van der Waals surface area contributed by atoms with E-state index in [0.717, 1.165) is 5.92 Å². The van der Waals surface area contributed by atoms with Crippen LogP contribution < -0.4 is 0 Å². The molecule has 0 spiro atoms. The lowest BCUT2D eigenvalue weighted by Gasteiger charge is -2.07. The van der Waals surface area contributed by atoms with Crippen LogP contribution in [0.15, 0.2) is 0 Å². The van der Waals surface area contributed by atoms with Gasteiger partial charge in [-0.3, -0.25) is 0 Å². The number of rotatable bonds is 5. The minimum atomic E-state index is 0.909. The molecule has 0 fully saturated rings. The zero-order valence-electron chi connectivity index (χ0n) is 9.18. The Hall–Kier alpha value is 0.0200. The fourth-order valence-electron chi connectivity index (χ4n) is 1.81. The van der Waals surface area contributed by atoms with Crippen molar-refractivity contribution in [3.8, 4) is 0 Å². The summed E-state index contributed by atoms with van der Waals surface area (Å²) in [6.07, 6.45) is 5.41. The van der Waals surface area contributed by atoms with Gasteiger partial charge >= 0.3 is 0 Å². The van der Waals surface area contributed by atoms with Crippen molar-refractivity contribution in [1.29, 1.82) is 0 Å². The Morgan fingerprint density at radius 2 is 2.23 bits per heavy atom. The first kappa shape index (κ1) is 11.1. The maximum Gasteiger partial charge on any atom is 0.210 e. The Labute approximate surface area is 86.6 Å². The van der Waals surface area contributed by atoms with E-state index in [2.05, 4.69) is 37.2 Å². The molecule has 0 bridgehead atoms. The van der Waals surface area contributed by atoms with Crippen LogP contribution in [0, 0.1) is 5.92 Å². The highest BCUT2D eigenvalue weighted by Crippen LogP contribution is 2.19. The van der Waals surface area contributed by atoms with Crippen molar-refractivity contribution in [3.05, 3.63) is 0 Å². The quantitative estimate of drug-likeness (QED) is 0.617. The van der Waals surface area contributed by atoms with Crippen LogP contribution in [0.2, 0.25) is 0 Å². The Balaban J connectivity index is 2.22. The summed E-state index contributed by atoms with van der Waals surface area (Å²) in [6, 6.07) is 0. The van der Waals surface area contributed by atoms with E-state index in [-0.39, 0.29) is 0 Å². The first-order valence-corrected chi connectivity index (χ1v) is 6.42. The summed E-state index contributed by atoms with van der Waals surface area (Å²) in [7, 11) is 2.22. The van der Waals surface area contributed by atoms with Crippen LogP contribution in [0.4, 0.5) is 0 Å². The third kappa shape index (κ3) is 3.72. The first-order valence-electron chi connectivity index (χ1n) is 5.43. The Morgan fingerprint density at radius 1 is 1.46 bits per heavy atom. The topological polar surface area (TPSA) is 3.01 Å². The zero-order chi connectivity index (χ0) is 9.68. The standard InChI is InChI=1S/C11H22NS/c1-4-5-10(2)6-7-11-12(3)8-9-13-11/h10H,4-9H2,1-3H3/q+1. The summed E-state index contributed by atoms with van der Waals surface area (Å²) in [5.74, 6) is 2.21. The molecule has 0 N–H and O–H groups in total. The highest BCUT2D eigenvalue weighted by Gasteiger charge is 2.19. The van der Waals surface area contributed by atoms with Crippen molar-refractivity contribution in [2.45, 2.75) is 39.5 Å². The third-order valence-electron chi connectivity index (χ3n) is 2.75. The lowest BCUT2D eigenvalue weighted by atomic mass is 10.0. The predicted octanol–water partition coefficient (Wildman–Crippen LogP) is 2.99. The molecule has 0 aromatic heterocycles. The van der Waals surface area contributed by atoms with Crippen LogP contribution in [-0.4, -0.2) is 29.0 Å². The van der Waals surface area contributed by atoms with Gasteiger partial charge in [0.05, 0.1) is 5.75 Å². The van der Waals surface area contributed by atoms with Gasteiger partial charge in [-0.1, -0.05) is 38.5 Å². The molecule has 2 heteroatoms. The normalized spacial score (nSPS) is 19.6. The fraction of sp³-hybridized carbons (Fsp3) is 0.909. The Bertz CT molecular complexity index is 187. The zero-order valence-corrected chi connectivity index (χ0v) is 9.99. The molecule has 0 saturated heterocycles. The van der Waals surface area contributed by atoms with E-state index >= 15 is 0 Å². The second-order valence-electron chi connectivity index (χ2n) is 4.10. The van der Waals surface area contributed by atoms with E-state index in [4.69, 9.17) is 0 Å². The van der Waals surface area contributed by atoms with Gasteiger partial charge in [0, 0.05) is 6.42 Å². The van der Waals surface area contributed by atoms with Gasteiger partial charge in [0.25, 0.3) is 0 Å². The monoisotopic (exact) mass is 200 g/mol. The summed E-state index contributed by atoms with van der Waals surface area (Å²) in [6.45, 7) is 5.91. The molecule has 1 unspecified atom stereocenters. The lowest BCUT2D eigenvalue weighted by Crippen LogP contribution is -2.09. The highest BCUT2D eigenvalue weighted by molar-refractivity contribution is 8.13. The second-order valence-corrected chi connectivity index (χ2v) is 5.26. The minimum absolute atomic E-state index is 0.909. The molecule has 1 atom stereocenters. The molecule has 1 aliphatic rings. The van der Waals surface area contributed by atoms with Gasteiger partial charge in [-0.05, 0) is 12.3 Å². The molecule has 0 aromatic rings. The van der Waals surface area contributed by atoms with Gasteiger partial charge in [-0.2, -0.15) is 0 Å². The van der Waals surface area contributed by atoms with E-state index in [9.17, 15) is 0 Å². The third-order valence-corrected chi connectivity index (χ3v) is 3.99. The first-order chi connectivity index (χ1) is 6.24. The minimum Gasteiger partial charge on any atom is -0.230 e. The maximum absolute atomic E-state index is 2.42. The molecule has 0 radical (unpaired) electrons. The molecule has 0 aromatic carbocycles. The van der Waals surface area contributed by atoms with E-state index in [1.807, 2.05) is 0 Å². The van der Waals surface area contributed by atoms with E-state index in [0.29, 0.717) is 0 Å². The number of hydrogen-bond donors (Lipinski definition) is 0. The molecule has 13 heavy (non-hydrogen) atoms. The van der Waals surface area contributed by atoms with Gasteiger partial charge in [0.2, 0.25) is 5.04 Å². The molecular weight excluding hydrogens is 178 g/mol. The fourth-order valence-corrected chi connectivity index (χ4v) is 2.98. The molecule has 0 saturated carbocycles. The van der Waals surface area contributed by atoms with Crippen LogP contribution in [0.5, 0.6) is 0 Å². The second kappa shape index (κ2) is 5.69. The summed E-state index contributed by atoms with van der Waals surface area (Å²) >= 11 is 2.05. The van der Waals surface area contributed by atoms with Crippen molar-refractivity contribution in [3.63, 3.8) is 0 Å². The van der Waals surface area contributed by atoms with E-state index < -0.39 is 0 Å². The summed E-state index contributed by atoms with van der Waals surface area (Å²) in [5.41, 5.74) is 0. The maximum atomic E-state index is 2.42. The Morgan fingerprint density at radius 3 is 2.77 bits per heavy atom. The van der Waals surface area contributed by atoms with Crippen molar-refractivity contribution >= 4 is 16.8 Å². The van der Waals surface area contributed by atoms with Crippen molar-refractivity contribution in [1.82, 2.24) is 0 Å². The van der Waals surface area contributed by atoms with Crippen molar-refractivity contribution in [2.75, 3.05) is 19.3 Å². The largest absolute Gasteiger partial charge is 0.230 e. The van der Waals surface area contributed by atoms with Gasteiger partial charge in [0.15, 0.2) is 6.54 Å². The highest BCUT2D eigenvalue weighted by atomic mass is 32.2. The van der Waals surface area contributed by atoms with E-state index in [1.165, 1.54) is 38.0 Å². The van der Waals surface area contributed by atoms with Crippen molar-refractivity contribution in [2.24, 2.45) is 5.92 Å². The smallest absolute Gasteiger partial charge is 0.210 e. The van der Waals surface area contributed by atoms with Crippen molar-refractivity contribution < 1.29 is 4.58 Å². The van der Waals surface area contributed by atoms with Crippen LogP contribution in [-0.2, 0) is 0 Å². The van der Waals surface area contributed by atoms with Gasteiger partial charge in [-0.25, -0.2) is 4.58 Å². The number of thioether (sulfide) groups is 1. The average molecular weight is 200 g/mol. The molecule has 0 amide bonds. The molecule has 0 aliphatic carbocycles. The van der Waals surface area contributed by atoms with E-state index in [1.54, 1.807) is 5.04 Å². The SMILES string of the molecule is CCCC(C)CCC1=[N+](C)CCS1. The molecule has 76 valence electrons. The number of nitrogens with zero attached hydrogens (tertiary/aromatic N) is 1. The molecule has 1 aliphatic heterocycles. The lowest BCUT2D eigenvalue weighted by molar-refractivity contribution is -0.487. The van der Waals surface area contributed by atoms with Crippen LogP contribution in [0.1, 0.15) is 39.5 Å². The predicted molar refractivity (Wildman–Crippen MR) is 61.8 cm³/mol. The molecular formula is C11H22NS+. The van der Waals surface area contributed by atoms with Crippen LogP contribution in [0.3, 0.4) is 0 Å². The number of hydrogen-bond acceptors (Lipinski definition) is 1. The van der Waals surface area contributed by atoms with Gasteiger partial charge in [-0.15, -0.1) is 0 Å². The van der Waals surface area contributed by atoms with Crippen LogP contribution >= 0.6 is 11.8 Å². The Kier molecular flexibility index (Phi) is 4.86. The average Bonchev–Trinajstić information content (AvgIpc) is 2.48. The summed E-state index contributed by atoms with van der Waals surface area (Å²) < 4.78 is 2.42. The van der Waals surface area contributed by atoms with Gasteiger partial charge in [0.1, 0.15) is 7.05 Å². The summed E-state index contributed by atoms with van der Waals surface area (Å²) in [4.78, 5) is 0. The van der Waals surface area contributed by atoms with Crippen LogP contribution in [0.25, 0.3) is 0 Å². The molecule has 1 rings (SSSR count). The van der Waals surface area contributed by atoms with Gasteiger partial charge < -0.3 is 0 Å². The molecule has 1 nitrogen and oxygen atoms in total.